The molecule has 2 aromatic rings. The van der Waals surface area contributed by atoms with Gasteiger partial charge in [0.1, 0.15) is 10.9 Å². The first-order chi connectivity index (χ1) is 9.60. The van der Waals surface area contributed by atoms with Gasteiger partial charge in [0.05, 0.1) is 18.5 Å². The van der Waals surface area contributed by atoms with Gasteiger partial charge < -0.3 is 10.1 Å². The third-order valence-electron chi connectivity index (χ3n) is 3.17. The number of pyridine rings is 1. The Hall–Kier alpha value is -1.74. The number of ether oxygens (including phenoxy) is 1. The zero-order valence-corrected chi connectivity index (χ0v) is 12.7. The van der Waals surface area contributed by atoms with Gasteiger partial charge in [0.25, 0.3) is 0 Å². The molecular weight excluding hydrogens is 272 g/mol. The standard InChI is InChI=1S/C16H19ClN2O/c1-11(10-13-6-4-5-7-15(13)20-3)18-14-8-9-16(17)19-12(14)2/h4-9,11,18H,10H2,1-3H3. The first-order valence-corrected chi connectivity index (χ1v) is 6.99. The molecule has 0 aliphatic rings. The van der Waals surface area contributed by atoms with Crippen LogP contribution in [0.5, 0.6) is 5.75 Å². The van der Waals surface area contributed by atoms with Crippen LogP contribution in [0.3, 0.4) is 0 Å². The molecule has 4 heteroatoms. The molecule has 0 spiro atoms. The summed E-state index contributed by atoms with van der Waals surface area (Å²) in [5, 5.41) is 3.98. The van der Waals surface area contributed by atoms with Crippen LogP contribution in [0.2, 0.25) is 5.15 Å². The molecule has 0 radical (unpaired) electrons. The van der Waals surface area contributed by atoms with E-state index in [0.717, 1.165) is 23.6 Å². The van der Waals surface area contributed by atoms with Crippen LogP contribution in [0.25, 0.3) is 0 Å². The molecule has 1 atom stereocenters. The maximum atomic E-state index is 5.87. The maximum Gasteiger partial charge on any atom is 0.129 e. The molecule has 1 aromatic carbocycles. The van der Waals surface area contributed by atoms with Crippen LogP contribution >= 0.6 is 11.6 Å². The van der Waals surface area contributed by atoms with Gasteiger partial charge in [0, 0.05) is 6.04 Å². The number of halogens is 1. The average Bonchev–Trinajstić information content (AvgIpc) is 2.42. The molecule has 0 fully saturated rings. The minimum absolute atomic E-state index is 0.271. The number of aryl methyl sites for hydroxylation is 1. The SMILES string of the molecule is COc1ccccc1CC(C)Nc1ccc(Cl)nc1C. The normalized spacial score (nSPS) is 12.0. The fourth-order valence-electron chi connectivity index (χ4n) is 2.20. The number of rotatable bonds is 5. The molecule has 0 amide bonds. The van der Waals surface area contributed by atoms with Crippen molar-refractivity contribution in [1.29, 1.82) is 0 Å². The molecule has 1 N–H and O–H groups in total. The highest BCUT2D eigenvalue weighted by molar-refractivity contribution is 6.29. The van der Waals surface area contributed by atoms with Crippen molar-refractivity contribution in [3.63, 3.8) is 0 Å². The van der Waals surface area contributed by atoms with Crippen molar-refractivity contribution < 1.29 is 4.74 Å². The van der Waals surface area contributed by atoms with Crippen LogP contribution in [0.15, 0.2) is 36.4 Å². The number of hydrogen-bond donors (Lipinski definition) is 1. The van der Waals surface area contributed by atoms with E-state index in [1.165, 1.54) is 5.56 Å². The molecule has 1 unspecified atom stereocenters. The van der Waals surface area contributed by atoms with E-state index in [2.05, 4.69) is 23.3 Å². The van der Waals surface area contributed by atoms with E-state index in [-0.39, 0.29) is 6.04 Å². The molecule has 20 heavy (non-hydrogen) atoms. The van der Waals surface area contributed by atoms with Gasteiger partial charge in [-0.15, -0.1) is 0 Å². The number of hydrogen-bond acceptors (Lipinski definition) is 3. The molecular formula is C16H19ClN2O. The van der Waals surface area contributed by atoms with Crippen molar-refractivity contribution in [3.8, 4) is 5.75 Å². The monoisotopic (exact) mass is 290 g/mol. The van der Waals surface area contributed by atoms with Crippen molar-refractivity contribution in [1.82, 2.24) is 4.98 Å². The third kappa shape index (κ3) is 3.64. The summed E-state index contributed by atoms with van der Waals surface area (Å²) in [6, 6.07) is 12.1. The van der Waals surface area contributed by atoms with Gasteiger partial charge in [-0.05, 0) is 44.0 Å². The van der Waals surface area contributed by atoms with Gasteiger partial charge in [0.15, 0.2) is 0 Å². The Kier molecular flexibility index (Phi) is 4.85. The lowest BCUT2D eigenvalue weighted by Crippen LogP contribution is -2.19. The lowest BCUT2D eigenvalue weighted by atomic mass is 10.1. The maximum absolute atomic E-state index is 5.87. The fraction of sp³-hybridized carbons (Fsp3) is 0.312. The molecule has 0 bridgehead atoms. The van der Waals surface area contributed by atoms with Crippen LogP contribution < -0.4 is 10.1 Å². The Bertz CT molecular complexity index is 586. The third-order valence-corrected chi connectivity index (χ3v) is 3.38. The predicted molar refractivity (Wildman–Crippen MR) is 83.8 cm³/mol. The van der Waals surface area contributed by atoms with Crippen molar-refractivity contribution in [3.05, 3.63) is 52.8 Å². The molecule has 2 rings (SSSR count). The molecule has 106 valence electrons. The Morgan fingerprint density at radius 2 is 2.00 bits per heavy atom. The summed E-state index contributed by atoms with van der Waals surface area (Å²) in [4.78, 5) is 4.25. The quantitative estimate of drug-likeness (QED) is 0.842. The minimum Gasteiger partial charge on any atom is -0.496 e. The number of para-hydroxylation sites is 1. The van der Waals surface area contributed by atoms with E-state index < -0.39 is 0 Å². The van der Waals surface area contributed by atoms with E-state index >= 15 is 0 Å². The van der Waals surface area contributed by atoms with Crippen molar-refractivity contribution in [2.24, 2.45) is 0 Å². The van der Waals surface area contributed by atoms with Crippen molar-refractivity contribution >= 4 is 17.3 Å². The van der Waals surface area contributed by atoms with E-state index in [9.17, 15) is 0 Å². The highest BCUT2D eigenvalue weighted by atomic mass is 35.5. The number of aromatic nitrogens is 1. The first kappa shape index (κ1) is 14.7. The number of benzene rings is 1. The van der Waals surface area contributed by atoms with Crippen LogP contribution in [-0.4, -0.2) is 18.1 Å². The van der Waals surface area contributed by atoms with Gasteiger partial charge in [-0.3, -0.25) is 0 Å². The van der Waals surface area contributed by atoms with Gasteiger partial charge in [-0.1, -0.05) is 29.8 Å². The Labute approximate surface area is 124 Å². The highest BCUT2D eigenvalue weighted by Crippen LogP contribution is 2.21. The summed E-state index contributed by atoms with van der Waals surface area (Å²) >= 11 is 5.87. The fourth-order valence-corrected chi connectivity index (χ4v) is 2.39. The molecule has 0 aliphatic carbocycles. The average molecular weight is 291 g/mol. The number of nitrogens with zero attached hydrogens (tertiary/aromatic N) is 1. The summed E-state index contributed by atoms with van der Waals surface area (Å²) in [7, 11) is 1.70. The summed E-state index contributed by atoms with van der Waals surface area (Å²) in [6.45, 7) is 4.09. The van der Waals surface area contributed by atoms with Crippen LogP contribution in [0.1, 0.15) is 18.2 Å². The Balaban J connectivity index is 2.07. The summed E-state index contributed by atoms with van der Waals surface area (Å²) in [6.07, 6.45) is 0.881. The second kappa shape index (κ2) is 6.62. The lowest BCUT2D eigenvalue weighted by Gasteiger charge is -2.18. The smallest absolute Gasteiger partial charge is 0.129 e. The van der Waals surface area contributed by atoms with Crippen LogP contribution in [-0.2, 0) is 6.42 Å². The lowest BCUT2D eigenvalue weighted by molar-refractivity contribution is 0.409. The largest absolute Gasteiger partial charge is 0.496 e. The van der Waals surface area contributed by atoms with E-state index in [0.29, 0.717) is 5.15 Å². The zero-order chi connectivity index (χ0) is 14.5. The summed E-state index contributed by atoms with van der Waals surface area (Å²) < 4.78 is 5.38. The first-order valence-electron chi connectivity index (χ1n) is 6.61. The van der Waals surface area contributed by atoms with Crippen LogP contribution in [0.4, 0.5) is 5.69 Å². The number of anilines is 1. The molecule has 0 aliphatic heterocycles. The van der Waals surface area contributed by atoms with E-state index in [1.54, 1.807) is 13.2 Å². The van der Waals surface area contributed by atoms with Gasteiger partial charge in [-0.25, -0.2) is 4.98 Å². The summed E-state index contributed by atoms with van der Waals surface area (Å²) in [5.41, 5.74) is 3.11. The van der Waals surface area contributed by atoms with Crippen LogP contribution in [0, 0.1) is 6.92 Å². The van der Waals surface area contributed by atoms with Crippen molar-refractivity contribution in [2.45, 2.75) is 26.3 Å². The Morgan fingerprint density at radius 1 is 1.25 bits per heavy atom. The second-order valence-corrected chi connectivity index (χ2v) is 5.22. The highest BCUT2D eigenvalue weighted by Gasteiger charge is 2.09. The minimum atomic E-state index is 0.271. The van der Waals surface area contributed by atoms with Gasteiger partial charge in [-0.2, -0.15) is 0 Å². The summed E-state index contributed by atoms with van der Waals surface area (Å²) in [5.74, 6) is 0.923. The topological polar surface area (TPSA) is 34.1 Å². The van der Waals surface area contributed by atoms with E-state index in [4.69, 9.17) is 16.3 Å². The predicted octanol–water partition coefficient (Wildman–Crippen LogP) is 4.10. The van der Waals surface area contributed by atoms with Crippen molar-refractivity contribution in [2.75, 3.05) is 12.4 Å². The Morgan fingerprint density at radius 3 is 2.70 bits per heavy atom. The second-order valence-electron chi connectivity index (χ2n) is 4.83. The molecule has 1 heterocycles. The molecule has 3 nitrogen and oxygen atoms in total. The number of methoxy groups -OCH3 is 1. The molecule has 0 saturated heterocycles. The molecule has 0 saturated carbocycles. The zero-order valence-electron chi connectivity index (χ0n) is 12.0. The van der Waals surface area contributed by atoms with E-state index in [1.807, 2.05) is 31.2 Å². The van der Waals surface area contributed by atoms with Gasteiger partial charge in [0.2, 0.25) is 0 Å². The number of nitrogens with one attached hydrogen (secondary N) is 1. The van der Waals surface area contributed by atoms with Gasteiger partial charge >= 0.3 is 0 Å². The molecule has 1 aromatic heterocycles.